The van der Waals surface area contributed by atoms with Crippen molar-refractivity contribution >= 4 is 55.6 Å². The highest BCUT2D eigenvalue weighted by Gasteiger charge is 2.54. The average Bonchev–Trinajstić information content (AvgIpc) is 3.72. The van der Waals surface area contributed by atoms with Crippen LogP contribution >= 0.6 is 15.6 Å². The Labute approximate surface area is 255 Å². The van der Waals surface area contributed by atoms with Crippen LogP contribution in [0, 0.1) is 0 Å². The van der Waals surface area contributed by atoms with Crippen molar-refractivity contribution in [2.75, 3.05) is 30.4 Å². The summed E-state index contributed by atoms with van der Waals surface area (Å²) in [4.78, 5) is 52.0. The maximum atomic E-state index is 13.2. The number of hydrogen-bond acceptors (Lipinski definition) is 18. The molecule has 0 saturated carbocycles. The Morgan fingerprint density at radius 1 is 0.870 bits per heavy atom. The van der Waals surface area contributed by atoms with E-state index in [1.54, 1.807) is 0 Å². The van der Waals surface area contributed by atoms with E-state index < -0.39 is 83.5 Å². The van der Waals surface area contributed by atoms with Crippen LogP contribution in [0.4, 0.5) is 17.7 Å². The quantitative estimate of drug-likeness (QED) is 0.104. The van der Waals surface area contributed by atoms with Crippen molar-refractivity contribution in [2.45, 2.75) is 49.1 Å². The summed E-state index contributed by atoms with van der Waals surface area (Å²) in [5, 5.41) is 22.3. The van der Waals surface area contributed by atoms with Gasteiger partial charge in [-0.3, -0.25) is 32.4 Å². The first-order chi connectivity index (χ1) is 21.7. The number of phosphoric ester groups is 2. The van der Waals surface area contributed by atoms with Gasteiger partial charge in [0.25, 0.3) is 5.56 Å². The van der Waals surface area contributed by atoms with Crippen LogP contribution in [0.5, 0.6) is 0 Å². The number of nitrogens with one attached hydrogen (secondary N) is 1. The van der Waals surface area contributed by atoms with Crippen molar-refractivity contribution in [1.82, 2.24) is 34.1 Å². The van der Waals surface area contributed by atoms with Crippen LogP contribution in [0.25, 0.3) is 22.2 Å². The van der Waals surface area contributed by atoms with Crippen LogP contribution in [0.3, 0.4) is 0 Å². The molecule has 0 aromatic carbocycles. The van der Waals surface area contributed by atoms with Gasteiger partial charge in [-0.15, -0.1) is 0 Å². The van der Waals surface area contributed by atoms with Gasteiger partial charge in [-0.05, 0) is 6.07 Å². The van der Waals surface area contributed by atoms with Gasteiger partial charge in [0.05, 0.1) is 24.9 Å². The first-order valence-corrected chi connectivity index (χ1v) is 16.3. The second-order valence-electron chi connectivity index (χ2n) is 10.5. The Bertz CT molecular complexity index is 1990. The summed E-state index contributed by atoms with van der Waals surface area (Å²) in [5.41, 5.74) is 16.8. The lowest BCUT2D eigenvalue weighted by molar-refractivity contribution is -0.0670. The third-order valence-electron chi connectivity index (χ3n) is 7.55. The fraction of sp³-hybridized carbons (Fsp3) is 0.476. The normalized spacial score (nSPS) is 37.1. The van der Waals surface area contributed by atoms with Crippen LogP contribution in [-0.4, -0.2) is 104 Å². The molecule has 3 aliphatic heterocycles. The van der Waals surface area contributed by atoms with Crippen molar-refractivity contribution in [3.63, 3.8) is 0 Å². The molecule has 10 atom stereocenters. The van der Waals surface area contributed by atoms with Crippen molar-refractivity contribution in [3.8, 4) is 0 Å². The molecular formula is C21H26N10O13P2. The molecule has 3 unspecified atom stereocenters. The minimum Gasteiger partial charge on any atom is -0.387 e. The predicted molar refractivity (Wildman–Crippen MR) is 150 cm³/mol. The number of phosphoric acid groups is 2. The van der Waals surface area contributed by atoms with E-state index >= 15 is 0 Å². The van der Waals surface area contributed by atoms with E-state index in [1.165, 1.54) is 27.7 Å². The number of fused-ring (bicyclic) bond motifs is 5. The average molecular weight is 688 g/mol. The molecule has 23 nitrogen and oxygen atoms in total. The number of hydrogen-bond donors (Lipinski definition) is 8. The minimum absolute atomic E-state index is 0.0253. The van der Waals surface area contributed by atoms with Gasteiger partial charge in [0.1, 0.15) is 42.1 Å². The number of nitrogens with zero attached hydrogens (tertiary/aromatic N) is 6. The number of nitrogen functional groups attached to an aromatic ring is 3. The Morgan fingerprint density at radius 2 is 1.54 bits per heavy atom. The van der Waals surface area contributed by atoms with E-state index in [2.05, 4.69) is 24.9 Å². The molecule has 3 saturated heterocycles. The topological polar surface area (TPSA) is 343 Å². The molecule has 248 valence electrons. The maximum Gasteiger partial charge on any atom is 0.472 e. The number of aromatic nitrogens is 7. The molecule has 25 heteroatoms. The molecule has 4 aromatic heterocycles. The van der Waals surface area contributed by atoms with Gasteiger partial charge in [0.2, 0.25) is 11.9 Å². The molecule has 2 bridgehead atoms. The van der Waals surface area contributed by atoms with Crippen LogP contribution in [-0.2, 0) is 36.7 Å². The summed E-state index contributed by atoms with van der Waals surface area (Å²) in [5.74, 6) is -0.539. The molecule has 0 radical (unpaired) electrons. The smallest absolute Gasteiger partial charge is 0.387 e. The van der Waals surface area contributed by atoms with Crippen molar-refractivity contribution < 1.29 is 56.7 Å². The molecule has 4 aromatic rings. The van der Waals surface area contributed by atoms with Gasteiger partial charge in [0.15, 0.2) is 29.6 Å². The highest BCUT2D eigenvalue weighted by molar-refractivity contribution is 7.47. The monoisotopic (exact) mass is 688 g/mol. The van der Waals surface area contributed by atoms with Crippen molar-refractivity contribution in [3.05, 3.63) is 28.9 Å². The van der Waals surface area contributed by atoms with E-state index in [9.17, 15) is 33.9 Å². The molecule has 7 heterocycles. The van der Waals surface area contributed by atoms with E-state index in [-0.39, 0.29) is 39.9 Å². The maximum absolute atomic E-state index is 13.2. The Balaban J connectivity index is 1.21. The van der Waals surface area contributed by atoms with E-state index in [0.29, 0.717) is 0 Å². The zero-order chi connectivity index (χ0) is 32.7. The Hall–Kier alpha value is -3.57. The van der Waals surface area contributed by atoms with Gasteiger partial charge >= 0.3 is 15.6 Å². The third-order valence-corrected chi connectivity index (χ3v) is 9.52. The highest BCUT2D eigenvalue weighted by atomic mass is 31.2. The lowest BCUT2D eigenvalue weighted by atomic mass is 10.1. The Morgan fingerprint density at radius 3 is 2.28 bits per heavy atom. The van der Waals surface area contributed by atoms with Crippen LogP contribution < -0.4 is 22.8 Å². The fourth-order valence-corrected chi connectivity index (χ4v) is 7.42. The molecule has 7 rings (SSSR count). The number of nitrogens with two attached hydrogens (primary N) is 3. The van der Waals surface area contributed by atoms with Gasteiger partial charge in [0, 0.05) is 6.20 Å². The summed E-state index contributed by atoms with van der Waals surface area (Å²) in [6.45, 7) is -1.66. The SMILES string of the molecule is Nc1nc(N)c2ncn([C@@H]3O[C@@H]4COP(=O)(O)O[C@@H]5C(O)[C@@H](COP(=O)(O)O[C@H]4[C@H]3O)O[C@H]5n3ccc4c(=O)[nH]c(N)nc43)c2n1. The molecule has 0 amide bonds. The summed E-state index contributed by atoms with van der Waals surface area (Å²) in [6.07, 6.45) is -10.2. The fourth-order valence-electron chi connectivity index (χ4n) is 5.52. The molecular weight excluding hydrogens is 662 g/mol. The third kappa shape index (κ3) is 5.35. The Kier molecular flexibility index (Phi) is 7.43. The van der Waals surface area contributed by atoms with Gasteiger partial charge in [-0.1, -0.05) is 0 Å². The molecule has 0 spiro atoms. The van der Waals surface area contributed by atoms with Crippen molar-refractivity contribution in [1.29, 1.82) is 0 Å². The number of aliphatic hydroxyl groups is 2. The van der Waals surface area contributed by atoms with Crippen LogP contribution in [0.15, 0.2) is 23.4 Å². The van der Waals surface area contributed by atoms with Gasteiger partial charge < -0.3 is 51.2 Å². The molecule has 11 N–H and O–H groups in total. The molecule has 3 fully saturated rings. The summed E-state index contributed by atoms with van der Waals surface area (Å²) >= 11 is 0. The van der Waals surface area contributed by atoms with Gasteiger partial charge in [-0.2, -0.15) is 15.0 Å². The lowest BCUT2D eigenvalue weighted by Gasteiger charge is -2.26. The van der Waals surface area contributed by atoms with Crippen LogP contribution in [0.2, 0.25) is 0 Å². The number of aromatic amines is 1. The number of rotatable bonds is 2. The first kappa shape index (κ1) is 31.1. The number of ether oxygens (including phenoxy) is 2. The summed E-state index contributed by atoms with van der Waals surface area (Å²) in [7, 11) is -10.2. The molecule has 0 aliphatic carbocycles. The molecule has 3 aliphatic rings. The van der Waals surface area contributed by atoms with Crippen molar-refractivity contribution in [2.24, 2.45) is 0 Å². The lowest BCUT2D eigenvalue weighted by Crippen LogP contribution is -2.36. The second kappa shape index (κ2) is 11.0. The predicted octanol–water partition coefficient (Wildman–Crippen LogP) is -2.15. The number of imidazole rings is 1. The summed E-state index contributed by atoms with van der Waals surface area (Å²) < 4.78 is 61.3. The standard InChI is InChI=1S/C21H26N10O13P2/c22-14-9-16(28-20(23)26-14)31(5-25-9)18-11(33)12-8(42-18)4-40-46(37,38)44-13-10(32)7(3-39-45(35,36)43-12)41-19(13)30-2-1-6-15(30)27-21(24)29-17(6)34/h1-2,5,7-8,10-13,18-19,32-33H,3-4H2,(H,35,36)(H,37,38)(H4,22,23,26,28)(H3,24,27,29,34)/t7-,8-,10?,11-,12-,13-,18-,19-/m1/s1. The summed E-state index contributed by atoms with van der Waals surface area (Å²) in [6, 6.07) is 1.36. The zero-order valence-electron chi connectivity index (χ0n) is 23.0. The second-order valence-corrected chi connectivity index (χ2v) is 13.3. The van der Waals surface area contributed by atoms with E-state index in [1.807, 2.05) is 0 Å². The number of H-pyrrole nitrogens is 1. The minimum atomic E-state index is -5.12. The first-order valence-electron chi connectivity index (χ1n) is 13.3. The largest absolute Gasteiger partial charge is 0.472 e. The van der Waals surface area contributed by atoms with E-state index in [0.717, 1.165) is 0 Å². The molecule has 46 heavy (non-hydrogen) atoms. The highest BCUT2D eigenvalue weighted by Crippen LogP contribution is 2.53. The van der Waals surface area contributed by atoms with Gasteiger partial charge in [-0.25, -0.2) is 14.1 Å². The zero-order valence-corrected chi connectivity index (χ0v) is 24.8. The number of anilines is 3. The van der Waals surface area contributed by atoms with E-state index in [4.69, 9.17) is 44.8 Å². The van der Waals surface area contributed by atoms with Crippen LogP contribution in [0.1, 0.15) is 12.5 Å². The number of aliphatic hydroxyl groups excluding tert-OH is 2.